The second-order valence-electron chi connectivity index (χ2n) is 3.70. The second-order valence-corrected chi connectivity index (χ2v) is 4.49. The number of hydrogen-bond acceptors (Lipinski definition) is 3. The fourth-order valence-corrected chi connectivity index (χ4v) is 1.85. The van der Waals surface area contributed by atoms with Crippen molar-refractivity contribution in [3.63, 3.8) is 0 Å². The molecule has 2 rings (SSSR count). The van der Waals surface area contributed by atoms with Gasteiger partial charge in [0.05, 0.1) is 15.7 Å². The Kier molecular flexibility index (Phi) is 3.50. The molecule has 1 aromatic carbocycles. The highest BCUT2D eigenvalue weighted by atomic mass is 35.5. The van der Waals surface area contributed by atoms with E-state index in [1.807, 2.05) is 32.0 Å². The smallest absolute Gasteiger partial charge is 0.227 e. The first-order chi connectivity index (χ1) is 8.06. The van der Waals surface area contributed by atoms with E-state index in [-0.39, 0.29) is 0 Å². The standard InChI is InChI=1S/C12H11Cl2N3/c1-7-6-8(2)16-12(15-7)17-10-5-3-4-9(13)11(10)14/h3-6H,1-2H3,(H,15,16,17). The molecular formula is C12H11Cl2N3. The number of anilines is 2. The molecule has 17 heavy (non-hydrogen) atoms. The van der Waals surface area contributed by atoms with Crippen LogP contribution < -0.4 is 5.32 Å². The maximum atomic E-state index is 6.07. The highest BCUT2D eigenvalue weighted by molar-refractivity contribution is 6.43. The Bertz CT molecular complexity index is 535. The van der Waals surface area contributed by atoms with Gasteiger partial charge < -0.3 is 5.32 Å². The number of hydrogen-bond donors (Lipinski definition) is 1. The number of halogens is 2. The van der Waals surface area contributed by atoms with E-state index in [0.717, 1.165) is 11.4 Å². The second kappa shape index (κ2) is 4.90. The van der Waals surface area contributed by atoms with Gasteiger partial charge in [-0.25, -0.2) is 9.97 Å². The Morgan fingerprint density at radius 2 is 1.71 bits per heavy atom. The third-order valence-electron chi connectivity index (χ3n) is 2.18. The van der Waals surface area contributed by atoms with Gasteiger partial charge in [0.25, 0.3) is 0 Å². The van der Waals surface area contributed by atoms with Gasteiger partial charge in [-0.15, -0.1) is 0 Å². The first-order valence-electron chi connectivity index (χ1n) is 5.09. The molecule has 0 spiro atoms. The molecule has 0 amide bonds. The number of nitrogens with one attached hydrogen (secondary N) is 1. The van der Waals surface area contributed by atoms with Gasteiger partial charge in [-0.05, 0) is 32.0 Å². The lowest BCUT2D eigenvalue weighted by Gasteiger charge is -2.08. The van der Waals surface area contributed by atoms with Crippen molar-refractivity contribution < 1.29 is 0 Å². The highest BCUT2D eigenvalue weighted by Crippen LogP contribution is 2.30. The SMILES string of the molecule is Cc1cc(C)nc(Nc2cccc(Cl)c2Cl)n1. The van der Waals surface area contributed by atoms with Crippen LogP contribution in [0.1, 0.15) is 11.4 Å². The molecule has 0 aliphatic heterocycles. The summed E-state index contributed by atoms with van der Waals surface area (Å²) in [6.45, 7) is 3.83. The van der Waals surface area contributed by atoms with Crippen LogP contribution in [-0.4, -0.2) is 9.97 Å². The van der Waals surface area contributed by atoms with Gasteiger partial charge in [0, 0.05) is 11.4 Å². The average molecular weight is 268 g/mol. The molecular weight excluding hydrogens is 257 g/mol. The Morgan fingerprint density at radius 1 is 1.06 bits per heavy atom. The van der Waals surface area contributed by atoms with Crippen molar-refractivity contribution in [3.05, 3.63) is 45.7 Å². The fraction of sp³-hybridized carbons (Fsp3) is 0.167. The Hall–Kier alpha value is -1.32. The zero-order chi connectivity index (χ0) is 12.4. The van der Waals surface area contributed by atoms with Gasteiger partial charge in [0.1, 0.15) is 0 Å². The van der Waals surface area contributed by atoms with E-state index in [1.165, 1.54) is 0 Å². The van der Waals surface area contributed by atoms with Crippen LogP contribution in [0.25, 0.3) is 0 Å². The van der Waals surface area contributed by atoms with Crippen LogP contribution in [0.3, 0.4) is 0 Å². The maximum Gasteiger partial charge on any atom is 0.227 e. The molecule has 0 aliphatic carbocycles. The summed E-state index contributed by atoms with van der Waals surface area (Å²) in [5.74, 6) is 0.520. The van der Waals surface area contributed by atoms with E-state index in [0.29, 0.717) is 21.7 Å². The summed E-state index contributed by atoms with van der Waals surface area (Å²) in [6.07, 6.45) is 0. The van der Waals surface area contributed by atoms with E-state index < -0.39 is 0 Å². The van der Waals surface area contributed by atoms with Crippen LogP contribution in [-0.2, 0) is 0 Å². The molecule has 2 aromatic rings. The lowest BCUT2D eigenvalue weighted by molar-refractivity contribution is 1.06. The number of aryl methyl sites for hydroxylation is 2. The van der Waals surface area contributed by atoms with Crippen molar-refractivity contribution >= 4 is 34.8 Å². The van der Waals surface area contributed by atoms with Gasteiger partial charge in [0.2, 0.25) is 5.95 Å². The summed E-state index contributed by atoms with van der Waals surface area (Å²) >= 11 is 12.0. The molecule has 0 unspecified atom stereocenters. The predicted octanol–water partition coefficient (Wildman–Crippen LogP) is 4.14. The minimum absolute atomic E-state index is 0.469. The number of benzene rings is 1. The summed E-state index contributed by atoms with van der Waals surface area (Å²) in [6, 6.07) is 7.29. The van der Waals surface area contributed by atoms with Gasteiger partial charge >= 0.3 is 0 Å². The monoisotopic (exact) mass is 267 g/mol. The summed E-state index contributed by atoms with van der Waals surface area (Å²) in [7, 11) is 0. The van der Waals surface area contributed by atoms with Crippen molar-refractivity contribution in [1.82, 2.24) is 9.97 Å². The molecule has 3 nitrogen and oxygen atoms in total. The normalized spacial score (nSPS) is 10.4. The average Bonchev–Trinajstić information content (AvgIpc) is 2.23. The van der Waals surface area contributed by atoms with Gasteiger partial charge in [-0.3, -0.25) is 0 Å². The molecule has 0 radical (unpaired) electrons. The quantitative estimate of drug-likeness (QED) is 0.889. The van der Waals surface area contributed by atoms with Crippen LogP contribution in [0.5, 0.6) is 0 Å². The summed E-state index contributed by atoms with van der Waals surface area (Å²) in [5, 5.41) is 4.03. The zero-order valence-electron chi connectivity index (χ0n) is 9.46. The van der Waals surface area contributed by atoms with Gasteiger partial charge in [-0.1, -0.05) is 29.3 Å². The number of nitrogens with zero attached hydrogens (tertiary/aromatic N) is 2. The van der Waals surface area contributed by atoms with Crippen molar-refractivity contribution in [2.75, 3.05) is 5.32 Å². The van der Waals surface area contributed by atoms with Crippen LogP contribution in [0.2, 0.25) is 10.0 Å². The highest BCUT2D eigenvalue weighted by Gasteiger charge is 2.06. The van der Waals surface area contributed by atoms with E-state index in [4.69, 9.17) is 23.2 Å². The Labute approximate surface area is 110 Å². The molecule has 0 aliphatic rings. The third-order valence-corrected chi connectivity index (χ3v) is 3.00. The Morgan fingerprint density at radius 3 is 2.35 bits per heavy atom. The van der Waals surface area contributed by atoms with Crippen LogP contribution in [0.15, 0.2) is 24.3 Å². The summed E-state index contributed by atoms with van der Waals surface area (Å²) < 4.78 is 0. The van der Waals surface area contributed by atoms with Crippen LogP contribution >= 0.6 is 23.2 Å². The third kappa shape index (κ3) is 2.87. The minimum atomic E-state index is 0.469. The lowest BCUT2D eigenvalue weighted by atomic mass is 10.3. The first kappa shape index (κ1) is 12.1. The molecule has 0 fully saturated rings. The van der Waals surface area contributed by atoms with Crippen molar-refractivity contribution in [1.29, 1.82) is 0 Å². The zero-order valence-corrected chi connectivity index (χ0v) is 11.0. The molecule has 0 saturated heterocycles. The summed E-state index contributed by atoms with van der Waals surface area (Å²) in [5.41, 5.74) is 2.50. The summed E-state index contributed by atoms with van der Waals surface area (Å²) in [4.78, 5) is 8.55. The largest absolute Gasteiger partial charge is 0.323 e. The molecule has 0 bridgehead atoms. The molecule has 1 heterocycles. The van der Waals surface area contributed by atoms with E-state index >= 15 is 0 Å². The minimum Gasteiger partial charge on any atom is -0.323 e. The van der Waals surface area contributed by atoms with Crippen molar-refractivity contribution in [2.45, 2.75) is 13.8 Å². The van der Waals surface area contributed by atoms with Crippen molar-refractivity contribution in [3.8, 4) is 0 Å². The molecule has 0 atom stereocenters. The molecule has 5 heteroatoms. The number of rotatable bonds is 2. The predicted molar refractivity (Wildman–Crippen MR) is 71.3 cm³/mol. The first-order valence-corrected chi connectivity index (χ1v) is 5.85. The molecule has 1 N–H and O–H groups in total. The van der Waals surface area contributed by atoms with E-state index in [9.17, 15) is 0 Å². The van der Waals surface area contributed by atoms with Crippen LogP contribution in [0, 0.1) is 13.8 Å². The fourth-order valence-electron chi connectivity index (χ4n) is 1.50. The maximum absolute atomic E-state index is 6.07. The van der Waals surface area contributed by atoms with Crippen LogP contribution in [0.4, 0.5) is 11.6 Å². The lowest BCUT2D eigenvalue weighted by Crippen LogP contribution is -2.00. The topological polar surface area (TPSA) is 37.8 Å². The Balaban J connectivity index is 2.34. The molecule has 0 saturated carbocycles. The van der Waals surface area contributed by atoms with Gasteiger partial charge in [0.15, 0.2) is 0 Å². The van der Waals surface area contributed by atoms with E-state index in [1.54, 1.807) is 6.07 Å². The molecule has 1 aromatic heterocycles. The van der Waals surface area contributed by atoms with Crippen molar-refractivity contribution in [2.24, 2.45) is 0 Å². The van der Waals surface area contributed by atoms with E-state index in [2.05, 4.69) is 15.3 Å². The van der Waals surface area contributed by atoms with Gasteiger partial charge in [-0.2, -0.15) is 0 Å². The molecule has 88 valence electrons. The number of aromatic nitrogens is 2.